The molecule has 1 heterocycles. The van der Waals surface area contributed by atoms with E-state index in [-0.39, 0.29) is 5.91 Å². The SMILES string of the molecule is CCCC(N)C(=O)Nc1cc(Cl)ccc1-n1cncn1. The molecule has 0 aliphatic rings. The van der Waals surface area contributed by atoms with Crippen LogP contribution in [-0.2, 0) is 4.79 Å². The van der Waals surface area contributed by atoms with Crippen molar-refractivity contribution in [3.63, 3.8) is 0 Å². The van der Waals surface area contributed by atoms with Gasteiger partial charge in [-0.1, -0.05) is 24.9 Å². The van der Waals surface area contributed by atoms with Crippen molar-refractivity contribution in [1.29, 1.82) is 0 Å². The zero-order valence-corrected chi connectivity index (χ0v) is 11.8. The second-order valence-electron chi connectivity index (χ2n) is 4.39. The summed E-state index contributed by atoms with van der Waals surface area (Å²) in [6.45, 7) is 1.98. The third-order valence-corrected chi connectivity index (χ3v) is 3.05. The van der Waals surface area contributed by atoms with Gasteiger partial charge in [-0.05, 0) is 24.6 Å². The Balaban J connectivity index is 2.26. The smallest absolute Gasteiger partial charge is 0.241 e. The van der Waals surface area contributed by atoms with Gasteiger partial charge in [0.15, 0.2) is 0 Å². The second kappa shape index (κ2) is 6.49. The van der Waals surface area contributed by atoms with Gasteiger partial charge in [0.1, 0.15) is 12.7 Å². The molecule has 2 aromatic rings. The number of hydrogen-bond acceptors (Lipinski definition) is 4. The fraction of sp³-hybridized carbons (Fsp3) is 0.308. The molecule has 1 unspecified atom stereocenters. The van der Waals surface area contributed by atoms with Gasteiger partial charge in [0.2, 0.25) is 5.91 Å². The molecular weight excluding hydrogens is 278 g/mol. The molecule has 7 heteroatoms. The van der Waals surface area contributed by atoms with Crippen LogP contribution in [-0.4, -0.2) is 26.7 Å². The van der Waals surface area contributed by atoms with Gasteiger partial charge in [0.05, 0.1) is 17.4 Å². The van der Waals surface area contributed by atoms with Crippen molar-refractivity contribution in [2.75, 3.05) is 5.32 Å². The number of hydrogen-bond donors (Lipinski definition) is 2. The summed E-state index contributed by atoms with van der Waals surface area (Å²) in [5.74, 6) is -0.240. The van der Waals surface area contributed by atoms with E-state index in [4.69, 9.17) is 17.3 Å². The highest BCUT2D eigenvalue weighted by atomic mass is 35.5. The first-order valence-electron chi connectivity index (χ1n) is 6.32. The number of carbonyl (C=O) groups excluding carboxylic acids is 1. The molecule has 2 rings (SSSR count). The van der Waals surface area contributed by atoms with E-state index >= 15 is 0 Å². The minimum absolute atomic E-state index is 0.240. The van der Waals surface area contributed by atoms with Crippen LogP contribution in [0, 0.1) is 0 Å². The van der Waals surface area contributed by atoms with E-state index in [0.29, 0.717) is 22.8 Å². The molecule has 6 nitrogen and oxygen atoms in total. The Labute approximate surface area is 121 Å². The molecule has 0 radical (unpaired) electrons. The topological polar surface area (TPSA) is 85.8 Å². The quantitative estimate of drug-likeness (QED) is 0.882. The van der Waals surface area contributed by atoms with Gasteiger partial charge in [-0.3, -0.25) is 4.79 Å². The number of anilines is 1. The van der Waals surface area contributed by atoms with Crippen molar-refractivity contribution in [2.24, 2.45) is 5.73 Å². The minimum atomic E-state index is -0.539. The van der Waals surface area contributed by atoms with Crippen LogP contribution in [0.15, 0.2) is 30.9 Å². The van der Waals surface area contributed by atoms with Crippen molar-refractivity contribution < 1.29 is 4.79 Å². The Kier molecular flexibility index (Phi) is 4.70. The maximum Gasteiger partial charge on any atom is 0.241 e. The van der Waals surface area contributed by atoms with E-state index in [1.54, 1.807) is 29.2 Å². The van der Waals surface area contributed by atoms with Crippen LogP contribution >= 0.6 is 11.6 Å². The van der Waals surface area contributed by atoms with Crippen LogP contribution < -0.4 is 11.1 Å². The van der Waals surface area contributed by atoms with E-state index < -0.39 is 6.04 Å². The molecule has 20 heavy (non-hydrogen) atoms. The summed E-state index contributed by atoms with van der Waals surface area (Å²) < 4.78 is 1.55. The molecule has 0 aliphatic carbocycles. The summed E-state index contributed by atoms with van der Waals surface area (Å²) in [5.41, 5.74) is 7.04. The first kappa shape index (κ1) is 14.5. The summed E-state index contributed by atoms with van der Waals surface area (Å²) >= 11 is 5.97. The lowest BCUT2D eigenvalue weighted by Gasteiger charge is -2.14. The Morgan fingerprint density at radius 2 is 2.35 bits per heavy atom. The van der Waals surface area contributed by atoms with Gasteiger partial charge in [-0.15, -0.1) is 0 Å². The molecule has 106 valence electrons. The van der Waals surface area contributed by atoms with E-state index in [2.05, 4.69) is 15.4 Å². The van der Waals surface area contributed by atoms with Gasteiger partial charge >= 0.3 is 0 Å². The number of nitrogens with two attached hydrogens (primary N) is 1. The second-order valence-corrected chi connectivity index (χ2v) is 4.82. The summed E-state index contributed by atoms with van der Waals surface area (Å²) in [6, 6.07) is 4.61. The zero-order valence-electron chi connectivity index (χ0n) is 11.1. The van der Waals surface area contributed by atoms with Gasteiger partial charge in [0, 0.05) is 5.02 Å². The molecular formula is C13H16ClN5O. The number of amides is 1. The number of aromatic nitrogens is 3. The van der Waals surface area contributed by atoms with Gasteiger partial charge in [-0.25, -0.2) is 9.67 Å². The molecule has 1 aromatic heterocycles. The summed E-state index contributed by atoms with van der Waals surface area (Å²) in [7, 11) is 0. The summed E-state index contributed by atoms with van der Waals surface area (Å²) in [5, 5.41) is 7.35. The molecule has 0 fully saturated rings. The highest BCUT2D eigenvalue weighted by Crippen LogP contribution is 2.24. The summed E-state index contributed by atoms with van der Waals surface area (Å²) in [6.07, 6.45) is 4.44. The van der Waals surface area contributed by atoms with Crippen molar-refractivity contribution in [2.45, 2.75) is 25.8 Å². The molecule has 0 saturated heterocycles. The molecule has 0 saturated carbocycles. The van der Waals surface area contributed by atoms with Gasteiger partial charge in [0.25, 0.3) is 0 Å². The highest BCUT2D eigenvalue weighted by molar-refractivity contribution is 6.31. The van der Waals surface area contributed by atoms with Crippen molar-refractivity contribution in [3.05, 3.63) is 35.9 Å². The number of rotatable bonds is 5. The Morgan fingerprint density at radius 1 is 1.55 bits per heavy atom. The lowest BCUT2D eigenvalue weighted by atomic mass is 10.1. The third-order valence-electron chi connectivity index (χ3n) is 2.82. The largest absolute Gasteiger partial charge is 0.323 e. The molecule has 1 aromatic carbocycles. The standard InChI is InChI=1S/C13H16ClN5O/c1-2-3-10(15)13(20)18-11-6-9(14)4-5-12(11)19-8-16-7-17-19/h4-8,10H,2-3,15H2,1H3,(H,18,20). The van der Waals surface area contributed by atoms with Crippen LogP contribution in [0.1, 0.15) is 19.8 Å². The lowest BCUT2D eigenvalue weighted by molar-refractivity contribution is -0.117. The van der Waals surface area contributed by atoms with Crippen LogP contribution in [0.5, 0.6) is 0 Å². The van der Waals surface area contributed by atoms with Gasteiger partial charge < -0.3 is 11.1 Å². The van der Waals surface area contributed by atoms with Gasteiger partial charge in [-0.2, -0.15) is 5.10 Å². The van der Waals surface area contributed by atoms with Crippen molar-refractivity contribution >= 4 is 23.2 Å². The van der Waals surface area contributed by atoms with Crippen molar-refractivity contribution in [3.8, 4) is 5.69 Å². The molecule has 1 amide bonds. The van der Waals surface area contributed by atoms with E-state index in [1.165, 1.54) is 6.33 Å². The monoisotopic (exact) mass is 293 g/mol. The molecule has 0 bridgehead atoms. The first-order valence-corrected chi connectivity index (χ1v) is 6.70. The molecule has 3 N–H and O–H groups in total. The Bertz CT molecular complexity index is 584. The third kappa shape index (κ3) is 3.34. The maximum absolute atomic E-state index is 12.0. The first-order chi connectivity index (χ1) is 9.61. The zero-order chi connectivity index (χ0) is 14.5. The maximum atomic E-state index is 12.0. The molecule has 0 aliphatic heterocycles. The Morgan fingerprint density at radius 3 is 3.00 bits per heavy atom. The van der Waals surface area contributed by atoms with Crippen molar-refractivity contribution in [1.82, 2.24) is 14.8 Å². The normalized spacial score (nSPS) is 12.2. The highest BCUT2D eigenvalue weighted by Gasteiger charge is 2.15. The minimum Gasteiger partial charge on any atom is -0.323 e. The fourth-order valence-corrected chi connectivity index (χ4v) is 1.98. The number of halogens is 1. The van der Waals surface area contributed by atoms with E-state index in [1.807, 2.05) is 6.92 Å². The average molecular weight is 294 g/mol. The number of nitrogens with one attached hydrogen (secondary N) is 1. The lowest BCUT2D eigenvalue weighted by Crippen LogP contribution is -2.35. The van der Waals surface area contributed by atoms with Crippen LogP contribution in [0.2, 0.25) is 5.02 Å². The van der Waals surface area contributed by atoms with E-state index in [0.717, 1.165) is 6.42 Å². The average Bonchev–Trinajstić information content (AvgIpc) is 2.93. The van der Waals surface area contributed by atoms with Crippen LogP contribution in [0.3, 0.4) is 0 Å². The number of benzene rings is 1. The van der Waals surface area contributed by atoms with Crippen LogP contribution in [0.25, 0.3) is 5.69 Å². The number of carbonyl (C=O) groups is 1. The predicted molar refractivity (Wildman–Crippen MR) is 77.9 cm³/mol. The Hall–Kier alpha value is -1.92. The predicted octanol–water partition coefficient (Wildman–Crippen LogP) is 1.99. The molecule has 0 spiro atoms. The number of nitrogens with zero attached hydrogens (tertiary/aromatic N) is 3. The van der Waals surface area contributed by atoms with E-state index in [9.17, 15) is 4.79 Å². The fourth-order valence-electron chi connectivity index (χ4n) is 1.81. The summed E-state index contributed by atoms with van der Waals surface area (Å²) in [4.78, 5) is 15.9. The van der Waals surface area contributed by atoms with Crippen LogP contribution in [0.4, 0.5) is 5.69 Å². The molecule has 1 atom stereocenters.